The second-order valence-corrected chi connectivity index (χ2v) is 8.98. The van der Waals surface area contributed by atoms with Crippen molar-refractivity contribution in [1.82, 2.24) is 4.98 Å². The first-order chi connectivity index (χ1) is 13.3. The van der Waals surface area contributed by atoms with Gasteiger partial charge < -0.3 is 4.90 Å². The van der Waals surface area contributed by atoms with E-state index in [1.165, 1.54) is 5.56 Å². The summed E-state index contributed by atoms with van der Waals surface area (Å²) in [6.45, 7) is 5.91. The Morgan fingerprint density at radius 3 is 2.57 bits per heavy atom. The van der Waals surface area contributed by atoms with Crippen molar-refractivity contribution in [2.75, 3.05) is 9.62 Å². The molecule has 0 saturated heterocycles. The molecule has 1 aliphatic rings. The highest BCUT2D eigenvalue weighted by molar-refractivity contribution is 7.92. The van der Waals surface area contributed by atoms with E-state index in [0.717, 1.165) is 29.1 Å². The third kappa shape index (κ3) is 3.36. The van der Waals surface area contributed by atoms with Crippen molar-refractivity contribution in [3.63, 3.8) is 0 Å². The van der Waals surface area contributed by atoms with Crippen molar-refractivity contribution in [1.29, 1.82) is 0 Å². The number of hydrogen-bond donors (Lipinski definition) is 1. The largest absolute Gasteiger partial charge is 0.323 e. The van der Waals surface area contributed by atoms with E-state index in [0.29, 0.717) is 11.7 Å². The number of aromatic nitrogens is 1. The number of nitrogens with one attached hydrogen (secondary N) is 1. The molecule has 5 nitrogen and oxygen atoms in total. The van der Waals surface area contributed by atoms with Gasteiger partial charge in [-0.05, 0) is 62.6 Å². The first-order valence-electron chi connectivity index (χ1n) is 9.28. The van der Waals surface area contributed by atoms with Crippen LogP contribution in [0.3, 0.4) is 0 Å². The highest BCUT2D eigenvalue weighted by atomic mass is 32.2. The van der Waals surface area contributed by atoms with Crippen molar-refractivity contribution in [3.8, 4) is 0 Å². The SMILES string of the molecule is Cc1ccc(S(=O)(=O)Nc2ccc(N3c4ccccc4CC3C)nc2)c(C)c1. The lowest BCUT2D eigenvalue weighted by Crippen LogP contribution is -2.24. The highest BCUT2D eigenvalue weighted by Gasteiger charge is 2.27. The number of para-hydroxylation sites is 1. The van der Waals surface area contributed by atoms with E-state index < -0.39 is 10.0 Å². The van der Waals surface area contributed by atoms with Crippen LogP contribution in [-0.2, 0) is 16.4 Å². The third-order valence-corrected chi connectivity index (χ3v) is 6.62. The Morgan fingerprint density at radius 2 is 1.86 bits per heavy atom. The van der Waals surface area contributed by atoms with Gasteiger partial charge in [0.2, 0.25) is 0 Å². The smallest absolute Gasteiger partial charge is 0.262 e. The predicted molar refractivity (Wildman–Crippen MR) is 113 cm³/mol. The summed E-state index contributed by atoms with van der Waals surface area (Å²) in [6.07, 6.45) is 2.54. The van der Waals surface area contributed by atoms with Crippen LogP contribution in [0.25, 0.3) is 0 Å². The number of pyridine rings is 1. The number of aryl methyl sites for hydroxylation is 2. The molecule has 1 unspecified atom stereocenters. The van der Waals surface area contributed by atoms with Gasteiger partial charge in [-0.15, -0.1) is 0 Å². The Bertz CT molecular complexity index is 1120. The molecule has 3 aromatic rings. The molecule has 1 aromatic heterocycles. The lowest BCUT2D eigenvalue weighted by atomic mass is 10.1. The van der Waals surface area contributed by atoms with E-state index in [9.17, 15) is 8.42 Å². The van der Waals surface area contributed by atoms with Crippen LogP contribution in [0.4, 0.5) is 17.2 Å². The Balaban J connectivity index is 1.59. The summed E-state index contributed by atoms with van der Waals surface area (Å²) >= 11 is 0. The maximum atomic E-state index is 12.7. The van der Waals surface area contributed by atoms with Crippen molar-refractivity contribution in [2.45, 2.75) is 38.1 Å². The van der Waals surface area contributed by atoms with Gasteiger partial charge in [0.05, 0.1) is 16.8 Å². The Morgan fingerprint density at radius 1 is 1.07 bits per heavy atom. The fourth-order valence-electron chi connectivity index (χ4n) is 3.81. The van der Waals surface area contributed by atoms with Crippen LogP contribution in [0.5, 0.6) is 0 Å². The van der Waals surface area contributed by atoms with E-state index in [2.05, 4.69) is 33.7 Å². The lowest BCUT2D eigenvalue weighted by molar-refractivity contribution is 0.600. The van der Waals surface area contributed by atoms with E-state index in [-0.39, 0.29) is 4.90 Å². The first-order valence-corrected chi connectivity index (χ1v) is 10.8. The molecule has 1 N–H and O–H groups in total. The van der Waals surface area contributed by atoms with Gasteiger partial charge in [0.25, 0.3) is 10.0 Å². The number of nitrogens with zero attached hydrogens (tertiary/aromatic N) is 2. The summed E-state index contributed by atoms with van der Waals surface area (Å²) in [5, 5.41) is 0. The fourth-order valence-corrected chi connectivity index (χ4v) is 5.09. The molecular formula is C22H23N3O2S. The van der Waals surface area contributed by atoms with Crippen LogP contribution < -0.4 is 9.62 Å². The molecule has 2 aromatic carbocycles. The number of rotatable bonds is 4. The first kappa shape index (κ1) is 18.5. The zero-order valence-corrected chi connectivity index (χ0v) is 17.0. The molecule has 28 heavy (non-hydrogen) atoms. The topological polar surface area (TPSA) is 62.3 Å². The van der Waals surface area contributed by atoms with E-state index in [1.807, 2.05) is 31.2 Å². The molecule has 0 fully saturated rings. The normalized spacial score (nSPS) is 16.1. The zero-order valence-electron chi connectivity index (χ0n) is 16.2. The van der Waals surface area contributed by atoms with Gasteiger partial charge >= 0.3 is 0 Å². The van der Waals surface area contributed by atoms with Gasteiger partial charge in [-0.2, -0.15) is 0 Å². The van der Waals surface area contributed by atoms with E-state index in [4.69, 9.17) is 0 Å². The minimum absolute atomic E-state index is 0.282. The molecule has 0 bridgehead atoms. The molecule has 0 aliphatic carbocycles. The Kier molecular flexibility index (Phi) is 4.59. The van der Waals surface area contributed by atoms with Gasteiger partial charge in [0.1, 0.15) is 5.82 Å². The van der Waals surface area contributed by atoms with Gasteiger partial charge in [0.15, 0.2) is 0 Å². The van der Waals surface area contributed by atoms with Crippen LogP contribution in [0, 0.1) is 13.8 Å². The lowest BCUT2D eigenvalue weighted by Gasteiger charge is -2.24. The second kappa shape index (κ2) is 6.95. The molecule has 0 saturated carbocycles. The summed E-state index contributed by atoms with van der Waals surface area (Å²) in [7, 11) is -3.66. The average Bonchev–Trinajstić information content (AvgIpc) is 2.97. The maximum Gasteiger partial charge on any atom is 0.262 e. The number of fused-ring (bicyclic) bond motifs is 1. The Labute approximate surface area is 166 Å². The number of benzene rings is 2. The minimum atomic E-state index is -3.66. The predicted octanol–water partition coefficient (Wildman–Crippen LogP) is 4.58. The number of hydrogen-bond acceptors (Lipinski definition) is 4. The molecule has 144 valence electrons. The van der Waals surface area contributed by atoms with Crippen molar-refractivity contribution < 1.29 is 8.42 Å². The fraction of sp³-hybridized carbons (Fsp3) is 0.227. The standard InChI is InChI=1S/C22H23N3O2S/c1-15-8-10-21(16(2)12-15)28(26,27)24-19-9-11-22(23-14-19)25-17(3)13-18-6-4-5-7-20(18)25/h4-12,14,17,24H,13H2,1-3H3. The van der Waals surface area contributed by atoms with Crippen LogP contribution in [0.15, 0.2) is 65.7 Å². The van der Waals surface area contributed by atoms with Gasteiger partial charge in [-0.3, -0.25) is 4.72 Å². The van der Waals surface area contributed by atoms with Crippen LogP contribution in [0.2, 0.25) is 0 Å². The number of sulfonamides is 1. The molecular weight excluding hydrogens is 370 g/mol. The monoisotopic (exact) mass is 393 g/mol. The van der Waals surface area contributed by atoms with Crippen LogP contribution in [-0.4, -0.2) is 19.4 Å². The molecule has 1 atom stereocenters. The second-order valence-electron chi connectivity index (χ2n) is 7.33. The summed E-state index contributed by atoms with van der Waals surface area (Å²) in [5.74, 6) is 0.812. The molecule has 2 heterocycles. The molecule has 1 aliphatic heterocycles. The van der Waals surface area contributed by atoms with Crippen LogP contribution in [0.1, 0.15) is 23.6 Å². The van der Waals surface area contributed by atoms with Gasteiger partial charge in [-0.25, -0.2) is 13.4 Å². The van der Waals surface area contributed by atoms with Gasteiger partial charge in [0, 0.05) is 11.7 Å². The maximum absolute atomic E-state index is 12.7. The average molecular weight is 394 g/mol. The molecule has 0 amide bonds. The van der Waals surface area contributed by atoms with E-state index in [1.54, 1.807) is 31.3 Å². The van der Waals surface area contributed by atoms with Crippen LogP contribution >= 0.6 is 0 Å². The molecule has 4 rings (SSSR count). The molecule has 0 spiro atoms. The van der Waals surface area contributed by atoms with Crippen molar-refractivity contribution in [2.24, 2.45) is 0 Å². The third-order valence-electron chi connectivity index (χ3n) is 5.07. The molecule has 0 radical (unpaired) electrons. The van der Waals surface area contributed by atoms with Gasteiger partial charge in [-0.1, -0.05) is 35.9 Å². The van der Waals surface area contributed by atoms with Crippen molar-refractivity contribution in [3.05, 3.63) is 77.5 Å². The zero-order chi connectivity index (χ0) is 19.9. The molecule has 6 heteroatoms. The van der Waals surface area contributed by atoms with E-state index >= 15 is 0 Å². The number of anilines is 3. The van der Waals surface area contributed by atoms with Crippen molar-refractivity contribution >= 4 is 27.2 Å². The Hall–Kier alpha value is -2.86. The highest BCUT2D eigenvalue weighted by Crippen LogP contribution is 2.37. The quantitative estimate of drug-likeness (QED) is 0.705. The summed E-state index contributed by atoms with van der Waals surface area (Å²) in [6, 6.07) is 17.5. The summed E-state index contributed by atoms with van der Waals surface area (Å²) < 4.78 is 28.1. The summed E-state index contributed by atoms with van der Waals surface area (Å²) in [5.41, 5.74) is 4.66. The summed E-state index contributed by atoms with van der Waals surface area (Å²) in [4.78, 5) is 7.00. The minimum Gasteiger partial charge on any atom is -0.323 e.